The molecule has 7 heteroatoms. The minimum Gasteiger partial charge on any atom is -0.481 e. The van der Waals surface area contributed by atoms with Crippen LogP contribution in [0.5, 0.6) is 0 Å². The molecule has 2 rings (SSSR count). The number of carboxylic acids is 1. The number of nitrogens with zero attached hydrogens (tertiary/aromatic N) is 1. The summed E-state index contributed by atoms with van der Waals surface area (Å²) < 4.78 is 13.6. The summed E-state index contributed by atoms with van der Waals surface area (Å²) in [5.74, 6) is -1.45. The third kappa shape index (κ3) is 6.45. The monoisotopic (exact) mass is 445 g/mol. The van der Waals surface area contributed by atoms with E-state index in [0.717, 1.165) is 11.4 Å². The van der Waals surface area contributed by atoms with Crippen molar-refractivity contribution in [3.8, 4) is 11.1 Å². The van der Waals surface area contributed by atoms with Gasteiger partial charge in [0.2, 0.25) is 0 Å². The highest BCUT2D eigenvalue weighted by Crippen LogP contribution is 2.37. The lowest BCUT2D eigenvalue weighted by Gasteiger charge is -2.23. The van der Waals surface area contributed by atoms with Crippen LogP contribution in [0.25, 0.3) is 17.2 Å². The smallest absolute Gasteiger partial charge is 0.305 e. The number of carboxylic acid groups (broad SMARTS) is 1. The van der Waals surface area contributed by atoms with Gasteiger partial charge in [0.25, 0.3) is 0 Å². The van der Waals surface area contributed by atoms with Gasteiger partial charge in [0.1, 0.15) is 5.82 Å². The van der Waals surface area contributed by atoms with Crippen molar-refractivity contribution in [2.24, 2.45) is 0 Å². The van der Waals surface area contributed by atoms with Crippen LogP contribution in [0.4, 0.5) is 4.39 Å². The maximum atomic E-state index is 13.6. The number of benzene rings is 1. The molecule has 0 bridgehead atoms. The molecule has 0 aliphatic rings. The van der Waals surface area contributed by atoms with Crippen LogP contribution in [-0.2, 0) is 11.4 Å². The average molecular weight is 446 g/mol. The normalized spacial score (nSPS) is 13.8. The van der Waals surface area contributed by atoms with Gasteiger partial charge in [-0.05, 0) is 35.1 Å². The van der Waals surface area contributed by atoms with E-state index in [9.17, 15) is 24.5 Å². The second kappa shape index (κ2) is 11.3. The number of hydrogen-bond donors (Lipinski definition) is 4. The SMILES string of the molecule is CC(C)c1nc(C(C)C)c(CO)c(-c2ccc(F)cc2)c1/C=C/[C@H](O)C[C@H](O)CC(=O)O. The maximum absolute atomic E-state index is 13.6. The van der Waals surface area contributed by atoms with E-state index in [1.54, 1.807) is 18.2 Å². The Morgan fingerprint density at radius 3 is 2.16 bits per heavy atom. The molecule has 0 fully saturated rings. The summed E-state index contributed by atoms with van der Waals surface area (Å²) in [4.78, 5) is 15.6. The van der Waals surface area contributed by atoms with Gasteiger partial charge in [-0.3, -0.25) is 9.78 Å². The van der Waals surface area contributed by atoms with Crippen molar-refractivity contribution >= 4 is 12.0 Å². The van der Waals surface area contributed by atoms with Crippen molar-refractivity contribution in [2.75, 3.05) is 0 Å². The summed E-state index contributed by atoms with van der Waals surface area (Å²) in [6.45, 7) is 7.70. The first-order valence-corrected chi connectivity index (χ1v) is 10.7. The molecule has 32 heavy (non-hydrogen) atoms. The predicted octanol–water partition coefficient (Wildman–Crippen LogP) is 4.23. The molecular formula is C25H32FNO5. The lowest BCUT2D eigenvalue weighted by molar-refractivity contribution is -0.139. The van der Waals surface area contributed by atoms with Gasteiger partial charge in [0, 0.05) is 23.2 Å². The van der Waals surface area contributed by atoms with Crippen LogP contribution in [0.1, 0.15) is 74.9 Å². The highest BCUT2D eigenvalue weighted by Gasteiger charge is 2.22. The molecule has 0 saturated carbocycles. The summed E-state index contributed by atoms with van der Waals surface area (Å²) in [7, 11) is 0. The predicted molar refractivity (Wildman–Crippen MR) is 122 cm³/mol. The van der Waals surface area contributed by atoms with Crippen LogP contribution in [0.2, 0.25) is 0 Å². The molecule has 4 N–H and O–H groups in total. The first-order valence-electron chi connectivity index (χ1n) is 10.7. The van der Waals surface area contributed by atoms with E-state index in [2.05, 4.69) is 0 Å². The molecule has 1 aromatic carbocycles. The minimum absolute atomic E-state index is 0.0221. The van der Waals surface area contributed by atoms with Crippen molar-refractivity contribution in [2.45, 2.75) is 71.2 Å². The van der Waals surface area contributed by atoms with E-state index in [-0.39, 0.29) is 30.7 Å². The number of carbonyl (C=O) groups is 1. The molecule has 174 valence electrons. The van der Waals surface area contributed by atoms with E-state index in [1.807, 2.05) is 27.7 Å². The highest BCUT2D eigenvalue weighted by molar-refractivity contribution is 5.80. The van der Waals surface area contributed by atoms with E-state index >= 15 is 0 Å². The Kier molecular flexibility index (Phi) is 9.07. The van der Waals surface area contributed by atoms with Crippen molar-refractivity contribution in [1.82, 2.24) is 4.98 Å². The number of halogens is 1. The topological polar surface area (TPSA) is 111 Å². The standard InChI is InChI=1S/C25H32FNO5/c1-14(2)24-20(10-9-18(29)11-19(30)12-22(31)32)23(16-5-7-17(26)8-6-16)21(13-28)25(27-24)15(3)4/h5-10,14-15,18-19,28-30H,11-13H2,1-4H3,(H,31,32)/b10-9+/t18-,19-/m0/s1. The van der Waals surface area contributed by atoms with Gasteiger partial charge < -0.3 is 20.4 Å². The van der Waals surface area contributed by atoms with Gasteiger partial charge in [-0.2, -0.15) is 0 Å². The Hall–Kier alpha value is -2.61. The molecule has 2 atom stereocenters. The van der Waals surface area contributed by atoms with Crippen LogP contribution in [-0.4, -0.2) is 43.6 Å². The average Bonchev–Trinajstić information content (AvgIpc) is 2.70. The number of aliphatic carboxylic acids is 1. The number of aliphatic hydroxyl groups is 3. The molecule has 1 aromatic heterocycles. The summed E-state index contributed by atoms with van der Waals surface area (Å²) in [5, 5.41) is 39.2. The Morgan fingerprint density at radius 1 is 1.06 bits per heavy atom. The molecule has 1 heterocycles. The summed E-state index contributed by atoms with van der Waals surface area (Å²) in [6, 6.07) is 5.99. The van der Waals surface area contributed by atoms with Crippen molar-refractivity contribution < 1.29 is 29.6 Å². The number of aromatic nitrogens is 1. The molecule has 2 aromatic rings. The first kappa shape index (κ1) is 25.6. The number of aliphatic hydroxyl groups excluding tert-OH is 3. The van der Waals surface area contributed by atoms with Gasteiger partial charge in [0.05, 0.1) is 30.9 Å². The fourth-order valence-corrected chi connectivity index (χ4v) is 3.72. The molecule has 0 saturated heterocycles. The second-order valence-electron chi connectivity index (χ2n) is 8.54. The Bertz CT molecular complexity index is 954. The van der Waals surface area contributed by atoms with Gasteiger partial charge in [0.15, 0.2) is 0 Å². The quantitative estimate of drug-likeness (QED) is 0.436. The zero-order valence-corrected chi connectivity index (χ0v) is 18.9. The summed E-state index contributed by atoms with van der Waals surface area (Å²) >= 11 is 0. The van der Waals surface area contributed by atoms with Crippen LogP contribution >= 0.6 is 0 Å². The largest absolute Gasteiger partial charge is 0.481 e. The summed E-state index contributed by atoms with van der Waals surface area (Å²) in [5.41, 5.74) is 4.26. The van der Waals surface area contributed by atoms with Crippen LogP contribution in [0.3, 0.4) is 0 Å². The molecule has 0 aliphatic heterocycles. The Morgan fingerprint density at radius 2 is 1.66 bits per heavy atom. The third-order valence-electron chi connectivity index (χ3n) is 5.19. The van der Waals surface area contributed by atoms with Crippen molar-refractivity contribution in [3.05, 3.63) is 58.7 Å². The molecule has 0 aliphatic carbocycles. The molecule has 0 spiro atoms. The van der Waals surface area contributed by atoms with Gasteiger partial charge in [-0.1, -0.05) is 52.0 Å². The Balaban J connectivity index is 2.65. The van der Waals surface area contributed by atoms with Crippen LogP contribution in [0, 0.1) is 5.82 Å². The van der Waals surface area contributed by atoms with E-state index < -0.39 is 24.6 Å². The highest BCUT2D eigenvalue weighted by atomic mass is 19.1. The van der Waals surface area contributed by atoms with E-state index in [1.165, 1.54) is 18.2 Å². The molecule has 0 amide bonds. The zero-order chi connectivity index (χ0) is 24.0. The molecule has 0 unspecified atom stereocenters. The number of hydrogen-bond acceptors (Lipinski definition) is 5. The first-order chi connectivity index (χ1) is 15.0. The van der Waals surface area contributed by atoms with Crippen LogP contribution < -0.4 is 0 Å². The van der Waals surface area contributed by atoms with Crippen LogP contribution in [0.15, 0.2) is 30.3 Å². The number of pyridine rings is 1. The van der Waals surface area contributed by atoms with Gasteiger partial charge in [-0.15, -0.1) is 0 Å². The number of rotatable bonds is 10. The van der Waals surface area contributed by atoms with Crippen molar-refractivity contribution in [1.29, 1.82) is 0 Å². The van der Waals surface area contributed by atoms with Gasteiger partial charge in [-0.25, -0.2) is 4.39 Å². The molecule has 6 nitrogen and oxygen atoms in total. The fourth-order valence-electron chi connectivity index (χ4n) is 3.72. The lowest BCUT2D eigenvalue weighted by Crippen LogP contribution is -2.19. The Labute approximate surface area is 188 Å². The third-order valence-corrected chi connectivity index (χ3v) is 5.19. The second-order valence-corrected chi connectivity index (χ2v) is 8.54. The fraction of sp³-hybridized carbons (Fsp3) is 0.440. The van der Waals surface area contributed by atoms with Crippen molar-refractivity contribution in [3.63, 3.8) is 0 Å². The van der Waals surface area contributed by atoms with E-state index in [4.69, 9.17) is 10.1 Å². The summed E-state index contributed by atoms with van der Waals surface area (Å²) in [6.07, 6.45) is 0.327. The lowest BCUT2D eigenvalue weighted by atomic mass is 9.87. The minimum atomic E-state index is -1.18. The molecule has 0 radical (unpaired) electrons. The molecular weight excluding hydrogens is 413 g/mol. The maximum Gasteiger partial charge on any atom is 0.305 e. The van der Waals surface area contributed by atoms with Gasteiger partial charge >= 0.3 is 5.97 Å². The van der Waals surface area contributed by atoms with E-state index in [0.29, 0.717) is 22.3 Å². The zero-order valence-electron chi connectivity index (χ0n) is 18.9.